The van der Waals surface area contributed by atoms with Crippen molar-refractivity contribution < 1.29 is 47.7 Å². The average molecular weight is 832 g/mol. The van der Waals surface area contributed by atoms with Crippen LogP contribution in [-0.2, 0) is 34.4 Å². The normalized spacial score (nSPS) is 20.9. The molecule has 2 aromatic heterocycles. The molecule has 16 heteroatoms. The molecule has 1 aromatic carbocycles. The van der Waals surface area contributed by atoms with E-state index in [-0.39, 0.29) is 25.6 Å². The summed E-state index contributed by atoms with van der Waals surface area (Å²) in [5.74, 6) is 0.632. The monoisotopic (exact) mass is 831 g/mol. The predicted molar refractivity (Wildman–Crippen MR) is 220 cm³/mol. The second kappa shape index (κ2) is 24.8. The molecule has 1 fully saturated rings. The SMILES string of the molecule is CCCCCCCCCCCCCCCCCCOC[C@H](COP(=O)(O)OC[C@@]1(C)O[C@@H](c2ccc3c(N)ncnn23)[C@H](O)[C@@H]1O)OCc1ccc(C#N)c(OC)c1. The van der Waals surface area contributed by atoms with E-state index in [0.717, 1.165) is 24.8 Å². The number of phosphoric acid groups is 1. The van der Waals surface area contributed by atoms with Crippen LogP contribution in [-0.4, -0.2) is 87.2 Å². The Hall–Kier alpha value is -3.16. The van der Waals surface area contributed by atoms with Crippen LogP contribution in [0.3, 0.4) is 0 Å². The van der Waals surface area contributed by atoms with Gasteiger partial charge in [0.1, 0.15) is 53.7 Å². The van der Waals surface area contributed by atoms with Gasteiger partial charge in [-0.25, -0.2) is 14.1 Å². The highest BCUT2D eigenvalue weighted by atomic mass is 31.2. The van der Waals surface area contributed by atoms with Crippen molar-refractivity contribution in [2.24, 2.45) is 0 Å². The number of ether oxygens (including phenoxy) is 4. The number of aliphatic hydroxyl groups excluding tert-OH is 2. The number of aromatic nitrogens is 3. The number of unbranched alkanes of at least 4 members (excludes halogenated alkanes) is 15. The third-order valence-corrected chi connectivity index (χ3v) is 11.6. The van der Waals surface area contributed by atoms with Crippen LogP contribution in [0.5, 0.6) is 5.75 Å². The number of benzene rings is 1. The van der Waals surface area contributed by atoms with Crippen LogP contribution in [0.1, 0.15) is 140 Å². The number of phosphoric ester groups is 1. The quantitative estimate of drug-likeness (QED) is 0.0374. The summed E-state index contributed by atoms with van der Waals surface area (Å²) in [6, 6.07) is 10.5. The number of anilines is 1. The highest BCUT2D eigenvalue weighted by molar-refractivity contribution is 7.47. The first-order chi connectivity index (χ1) is 28.0. The van der Waals surface area contributed by atoms with Crippen LogP contribution >= 0.6 is 7.82 Å². The molecule has 4 rings (SSSR count). The third-order valence-electron chi connectivity index (χ3n) is 10.7. The Labute approximate surface area is 343 Å². The average Bonchev–Trinajstić information content (AvgIpc) is 3.75. The van der Waals surface area contributed by atoms with Crippen molar-refractivity contribution in [3.05, 3.63) is 53.5 Å². The van der Waals surface area contributed by atoms with E-state index in [2.05, 4.69) is 23.1 Å². The molecule has 0 spiro atoms. The lowest BCUT2D eigenvalue weighted by atomic mass is 9.97. The van der Waals surface area contributed by atoms with Crippen molar-refractivity contribution in [1.82, 2.24) is 14.6 Å². The largest absolute Gasteiger partial charge is 0.495 e. The molecule has 1 unspecified atom stereocenters. The van der Waals surface area contributed by atoms with Crippen LogP contribution in [0.4, 0.5) is 5.82 Å². The van der Waals surface area contributed by atoms with Crippen molar-refractivity contribution in [2.45, 2.75) is 153 Å². The maximum Gasteiger partial charge on any atom is 0.472 e. The van der Waals surface area contributed by atoms with E-state index in [0.29, 0.717) is 29.1 Å². The van der Waals surface area contributed by atoms with Gasteiger partial charge in [-0.1, -0.05) is 109 Å². The van der Waals surface area contributed by atoms with Gasteiger partial charge in [-0.3, -0.25) is 9.05 Å². The summed E-state index contributed by atoms with van der Waals surface area (Å²) in [6.45, 7) is 3.49. The van der Waals surface area contributed by atoms with Gasteiger partial charge in [0.2, 0.25) is 0 Å². The Morgan fingerprint density at radius 2 is 1.59 bits per heavy atom. The van der Waals surface area contributed by atoms with Crippen LogP contribution in [0, 0.1) is 11.3 Å². The summed E-state index contributed by atoms with van der Waals surface area (Å²) in [5.41, 5.74) is 6.36. The summed E-state index contributed by atoms with van der Waals surface area (Å²) in [5, 5.41) is 35.4. The second-order valence-electron chi connectivity index (χ2n) is 15.5. The van der Waals surface area contributed by atoms with E-state index >= 15 is 0 Å². The van der Waals surface area contributed by atoms with E-state index < -0.39 is 44.4 Å². The number of nitrogen functional groups attached to an aromatic ring is 1. The van der Waals surface area contributed by atoms with Gasteiger partial charge in [0.05, 0.1) is 44.8 Å². The fourth-order valence-electron chi connectivity index (χ4n) is 7.17. The minimum absolute atomic E-state index is 0.0947. The summed E-state index contributed by atoms with van der Waals surface area (Å²) < 4.78 is 48.6. The minimum atomic E-state index is -4.72. The molecule has 1 aliphatic heterocycles. The van der Waals surface area contributed by atoms with Gasteiger partial charge >= 0.3 is 7.82 Å². The lowest BCUT2D eigenvalue weighted by Crippen LogP contribution is -2.44. The number of nitrogens with two attached hydrogens (primary N) is 1. The molecule has 58 heavy (non-hydrogen) atoms. The zero-order valence-corrected chi connectivity index (χ0v) is 35.5. The Bertz CT molecular complexity index is 1740. The number of nitriles is 1. The molecule has 0 radical (unpaired) electrons. The molecule has 5 N–H and O–H groups in total. The topological polar surface area (TPSA) is 213 Å². The van der Waals surface area contributed by atoms with Crippen LogP contribution in [0.15, 0.2) is 36.7 Å². The van der Waals surface area contributed by atoms with Crippen molar-refractivity contribution in [2.75, 3.05) is 39.3 Å². The molecular weight excluding hydrogens is 765 g/mol. The van der Waals surface area contributed by atoms with E-state index in [9.17, 15) is 24.9 Å². The van der Waals surface area contributed by atoms with Crippen molar-refractivity contribution in [3.63, 3.8) is 0 Å². The summed E-state index contributed by atoms with van der Waals surface area (Å²) in [4.78, 5) is 14.6. The number of nitrogens with zero attached hydrogens (tertiary/aromatic N) is 4. The number of hydrogen-bond acceptors (Lipinski definition) is 13. The zero-order chi connectivity index (χ0) is 41.8. The smallest absolute Gasteiger partial charge is 0.472 e. The van der Waals surface area contributed by atoms with Gasteiger partial charge in [0, 0.05) is 6.61 Å². The maximum atomic E-state index is 13.1. The first kappa shape index (κ1) is 47.5. The first-order valence-corrected chi connectivity index (χ1v) is 22.5. The fraction of sp³-hybridized carbons (Fsp3) is 0.690. The van der Waals surface area contributed by atoms with E-state index in [4.69, 9.17) is 33.7 Å². The van der Waals surface area contributed by atoms with E-state index in [1.165, 1.54) is 108 Å². The molecule has 6 atom stereocenters. The highest BCUT2D eigenvalue weighted by Gasteiger charge is 2.53. The number of aliphatic hydroxyl groups is 2. The number of rotatable bonds is 30. The maximum absolute atomic E-state index is 13.1. The molecule has 324 valence electrons. The van der Waals surface area contributed by atoms with Crippen molar-refractivity contribution in [1.29, 1.82) is 5.26 Å². The molecule has 0 amide bonds. The van der Waals surface area contributed by atoms with Crippen molar-refractivity contribution >= 4 is 19.2 Å². The number of fused-ring (bicyclic) bond motifs is 1. The van der Waals surface area contributed by atoms with Crippen molar-refractivity contribution in [3.8, 4) is 11.8 Å². The molecule has 3 aromatic rings. The Morgan fingerprint density at radius 1 is 0.948 bits per heavy atom. The fourth-order valence-corrected chi connectivity index (χ4v) is 8.02. The molecule has 0 saturated carbocycles. The zero-order valence-electron chi connectivity index (χ0n) is 34.6. The van der Waals surface area contributed by atoms with Gasteiger partial charge in [-0.15, -0.1) is 0 Å². The van der Waals surface area contributed by atoms with Gasteiger partial charge in [-0.2, -0.15) is 10.4 Å². The van der Waals surface area contributed by atoms with Gasteiger partial charge < -0.3 is 39.8 Å². The Morgan fingerprint density at radius 3 is 2.21 bits per heavy atom. The minimum Gasteiger partial charge on any atom is -0.495 e. The third kappa shape index (κ3) is 14.8. The molecule has 0 aliphatic carbocycles. The summed E-state index contributed by atoms with van der Waals surface area (Å²) in [7, 11) is -3.24. The van der Waals surface area contributed by atoms with E-state index in [1.807, 2.05) is 0 Å². The molecule has 15 nitrogen and oxygen atoms in total. The van der Waals surface area contributed by atoms with Crippen LogP contribution < -0.4 is 10.5 Å². The standard InChI is InChI=1S/C42H66N5O10P/c1-4-5-6-7-8-9-10-11-12-13-14-15-16-17-18-19-24-53-28-34(54-27-32-20-21-33(26-43)37(25-32)52-3)29-55-58(50,51)56-30-42(2)40(49)38(48)39(57-42)35-22-23-36-41(44)45-31-46-47(35)36/h20-23,25,31,34,38-40,48-49H,4-19,24,27-30H2,1-3H3,(H,50,51)(H2,44,45,46)/t34-,38+,39+,40+,42-/m1/s1. The lowest BCUT2D eigenvalue weighted by molar-refractivity contribution is -0.102. The highest BCUT2D eigenvalue weighted by Crippen LogP contribution is 2.47. The number of methoxy groups -OCH3 is 1. The summed E-state index contributed by atoms with van der Waals surface area (Å²) >= 11 is 0. The van der Waals surface area contributed by atoms with Crippen LogP contribution in [0.2, 0.25) is 0 Å². The second-order valence-corrected chi connectivity index (χ2v) is 16.9. The molecule has 3 heterocycles. The summed E-state index contributed by atoms with van der Waals surface area (Å²) in [6.07, 6.45) is 17.0. The van der Waals surface area contributed by atoms with Gasteiger partial charge in [0.25, 0.3) is 0 Å². The number of hydrogen-bond donors (Lipinski definition) is 4. The lowest BCUT2D eigenvalue weighted by Gasteiger charge is -2.28. The molecule has 1 aliphatic rings. The van der Waals surface area contributed by atoms with Gasteiger partial charge in [-0.05, 0) is 43.2 Å². The first-order valence-electron chi connectivity index (χ1n) is 21.0. The molecule has 0 bridgehead atoms. The predicted octanol–water partition coefficient (Wildman–Crippen LogP) is 7.74. The van der Waals surface area contributed by atoms with Gasteiger partial charge in [0.15, 0.2) is 5.82 Å². The molecular formula is C42H66N5O10P. The van der Waals surface area contributed by atoms with E-state index in [1.54, 1.807) is 30.3 Å². The molecule has 1 saturated heterocycles. The Kier molecular flexibility index (Phi) is 20.3. The van der Waals surface area contributed by atoms with Crippen LogP contribution in [0.25, 0.3) is 5.52 Å². The Balaban J connectivity index is 1.20.